The average molecular weight is 384 g/mol. The lowest BCUT2D eigenvalue weighted by atomic mass is 9.92. The van der Waals surface area contributed by atoms with E-state index in [2.05, 4.69) is 84.5 Å². The van der Waals surface area contributed by atoms with Crippen LogP contribution in [0.1, 0.15) is 32.0 Å². The second-order valence-corrected chi connectivity index (χ2v) is 7.81. The van der Waals surface area contributed by atoms with Crippen LogP contribution in [0.5, 0.6) is 0 Å². The highest BCUT2D eigenvalue weighted by Gasteiger charge is 2.20. The number of nitrogens with one attached hydrogen (secondary N) is 1. The Morgan fingerprint density at radius 3 is 2.29 bits per heavy atom. The zero-order valence-corrected chi connectivity index (χ0v) is 15.8. The molecule has 1 N–H and O–H groups in total. The summed E-state index contributed by atoms with van der Waals surface area (Å²) < 4.78 is 3.08. The van der Waals surface area contributed by atoms with Crippen molar-refractivity contribution in [3.63, 3.8) is 0 Å². The molecule has 0 amide bonds. The monoisotopic (exact) mass is 383 g/mol. The number of nitrogens with zero attached hydrogens (tertiary/aromatic N) is 2. The van der Waals surface area contributed by atoms with Crippen molar-refractivity contribution in [2.75, 3.05) is 5.32 Å². The first-order chi connectivity index (χ1) is 11.4. The Balaban J connectivity index is 1.90. The van der Waals surface area contributed by atoms with E-state index < -0.39 is 0 Å². The van der Waals surface area contributed by atoms with Gasteiger partial charge < -0.3 is 5.32 Å². The summed E-state index contributed by atoms with van der Waals surface area (Å²) in [5.41, 5.74) is 3.38. The number of halogens is 1. The van der Waals surface area contributed by atoms with Gasteiger partial charge in [0.1, 0.15) is 5.82 Å². The van der Waals surface area contributed by atoms with Crippen LogP contribution >= 0.6 is 15.9 Å². The maximum atomic E-state index is 4.82. The van der Waals surface area contributed by atoms with Crippen LogP contribution in [0.2, 0.25) is 0 Å². The van der Waals surface area contributed by atoms with Gasteiger partial charge in [-0.2, -0.15) is 5.10 Å². The molecule has 0 atom stereocenters. The Hall–Kier alpha value is -2.07. The van der Waals surface area contributed by atoms with E-state index in [9.17, 15) is 0 Å². The molecule has 0 unspecified atom stereocenters. The minimum absolute atomic E-state index is 0.00801. The smallest absolute Gasteiger partial charge is 0.130 e. The molecule has 24 heavy (non-hydrogen) atoms. The van der Waals surface area contributed by atoms with E-state index in [0.717, 1.165) is 28.2 Å². The molecule has 124 valence electrons. The fourth-order valence-electron chi connectivity index (χ4n) is 2.43. The van der Waals surface area contributed by atoms with Gasteiger partial charge in [0.05, 0.1) is 11.4 Å². The molecule has 3 nitrogen and oxygen atoms in total. The van der Waals surface area contributed by atoms with Crippen molar-refractivity contribution < 1.29 is 0 Å². The number of aromatic nitrogens is 2. The van der Waals surface area contributed by atoms with E-state index in [1.54, 1.807) is 0 Å². The highest BCUT2D eigenvalue weighted by Crippen LogP contribution is 2.26. The maximum absolute atomic E-state index is 4.82. The molecule has 0 bridgehead atoms. The molecule has 4 heteroatoms. The van der Waals surface area contributed by atoms with Crippen LogP contribution in [0.25, 0.3) is 5.69 Å². The molecule has 0 saturated heterocycles. The van der Waals surface area contributed by atoms with Crippen LogP contribution in [0.3, 0.4) is 0 Å². The second-order valence-electron chi connectivity index (χ2n) is 6.89. The summed E-state index contributed by atoms with van der Waals surface area (Å²) in [7, 11) is 0. The highest BCUT2D eigenvalue weighted by molar-refractivity contribution is 9.10. The molecule has 3 rings (SSSR count). The molecule has 0 radical (unpaired) electrons. The maximum Gasteiger partial charge on any atom is 0.130 e. The van der Waals surface area contributed by atoms with Gasteiger partial charge in [-0.1, -0.05) is 67.0 Å². The zero-order valence-electron chi connectivity index (χ0n) is 14.3. The van der Waals surface area contributed by atoms with Gasteiger partial charge >= 0.3 is 0 Å². The number of hydrogen-bond acceptors (Lipinski definition) is 2. The van der Waals surface area contributed by atoms with Gasteiger partial charge in [-0.3, -0.25) is 0 Å². The van der Waals surface area contributed by atoms with Crippen LogP contribution in [0, 0.1) is 0 Å². The van der Waals surface area contributed by atoms with Gasteiger partial charge in [-0.05, 0) is 29.8 Å². The molecule has 3 aromatic rings. The SMILES string of the molecule is CC(C)(C)c1cc(NCc2ccc(Br)cc2)n(-c2ccccc2)n1. The predicted molar refractivity (Wildman–Crippen MR) is 104 cm³/mol. The average Bonchev–Trinajstić information content (AvgIpc) is 3.00. The third-order valence-corrected chi connectivity index (χ3v) is 4.39. The molecule has 1 aromatic heterocycles. The summed E-state index contributed by atoms with van der Waals surface area (Å²) in [5.74, 6) is 1.01. The summed E-state index contributed by atoms with van der Waals surface area (Å²) in [6.45, 7) is 7.31. The first kappa shape index (κ1) is 16.8. The number of anilines is 1. The van der Waals surface area contributed by atoms with Crippen molar-refractivity contribution >= 4 is 21.7 Å². The fraction of sp³-hybridized carbons (Fsp3) is 0.250. The van der Waals surface area contributed by atoms with Crippen molar-refractivity contribution in [2.24, 2.45) is 0 Å². The summed E-state index contributed by atoms with van der Waals surface area (Å²) >= 11 is 3.47. The fourth-order valence-corrected chi connectivity index (χ4v) is 2.70. The number of rotatable bonds is 4. The standard InChI is InChI=1S/C20H22BrN3/c1-20(2,3)18-13-19(22-14-15-9-11-16(21)12-10-15)24(23-18)17-7-5-4-6-8-17/h4-13,22H,14H2,1-3H3. The molecule has 0 fully saturated rings. The van der Waals surface area contributed by atoms with Crippen molar-refractivity contribution in [1.82, 2.24) is 9.78 Å². The van der Waals surface area contributed by atoms with Crippen LogP contribution < -0.4 is 5.32 Å². The predicted octanol–water partition coefficient (Wildman–Crippen LogP) is 5.54. The van der Waals surface area contributed by atoms with E-state index in [1.807, 2.05) is 22.9 Å². The summed E-state index contributed by atoms with van der Waals surface area (Å²) in [6, 6.07) is 20.7. The minimum atomic E-state index is 0.00801. The molecular weight excluding hydrogens is 362 g/mol. The largest absolute Gasteiger partial charge is 0.366 e. The lowest BCUT2D eigenvalue weighted by Gasteiger charge is -2.14. The Bertz CT molecular complexity index is 799. The molecule has 1 heterocycles. The van der Waals surface area contributed by atoms with Crippen LogP contribution in [0.4, 0.5) is 5.82 Å². The molecule has 0 aliphatic rings. The van der Waals surface area contributed by atoms with E-state index in [4.69, 9.17) is 5.10 Å². The van der Waals surface area contributed by atoms with Gasteiger partial charge in [0.2, 0.25) is 0 Å². The van der Waals surface area contributed by atoms with Crippen LogP contribution in [-0.2, 0) is 12.0 Å². The normalized spacial score (nSPS) is 11.5. The lowest BCUT2D eigenvalue weighted by Crippen LogP contribution is -2.12. The first-order valence-corrected chi connectivity index (χ1v) is 8.87. The Morgan fingerprint density at radius 2 is 1.67 bits per heavy atom. The van der Waals surface area contributed by atoms with Gasteiger partial charge in [-0.25, -0.2) is 4.68 Å². The molecule has 0 aliphatic carbocycles. The molecule has 0 spiro atoms. The second kappa shape index (κ2) is 6.81. The minimum Gasteiger partial charge on any atom is -0.366 e. The Kier molecular flexibility index (Phi) is 4.76. The lowest BCUT2D eigenvalue weighted by molar-refractivity contribution is 0.560. The topological polar surface area (TPSA) is 29.9 Å². The molecule has 0 saturated carbocycles. The molecule has 2 aromatic carbocycles. The third-order valence-electron chi connectivity index (χ3n) is 3.87. The number of benzene rings is 2. The van der Waals surface area contributed by atoms with Gasteiger partial charge in [0.25, 0.3) is 0 Å². The van der Waals surface area contributed by atoms with Gasteiger partial charge in [0.15, 0.2) is 0 Å². The van der Waals surface area contributed by atoms with E-state index >= 15 is 0 Å². The summed E-state index contributed by atoms with van der Waals surface area (Å²) in [6.07, 6.45) is 0. The van der Waals surface area contributed by atoms with Gasteiger partial charge in [-0.15, -0.1) is 0 Å². The van der Waals surface area contributed by atoms with Crippen molar-refractivity contribution in [1.29, 1.82) is 0 Å². The van der Waals surface area contributed by atoms with Crippen LogP contribution in [-0.4, -0.2) is 9.78 Å². The molecule has 0 aliphatic heterocycles. The third kappa shape index (κ3) is 3.88. The van der Waals surface area contributed by atoms with Crippen molar-refractivity contribution in [2.45, 2.75) is 32.7 Å². The first-order valence-electron chi connectivity index (χ1n) is 8.08. The highest BCUT2D eigenvalue weighted by atomic mass is 79.9. The Labute approximate surface area is 151 Å². The molecular formula is C20H22BrN3. The van der Waals surface area contributed by atoms with Crippen molar-refractivity contribution in [3.05, 3.63) is 76.4 Å². The number of para-hydroxylation sites is 1. The Morgan fingerprint density at radius 1 is 1.00 bits per heavy atom. The number of hydrogen-bond donors (Lipinski definition) is 1. The zero-order chi connectivity index (χ0) is 17.2. The van der Waals surface area contributed by atoms with E-state index in [-0.39, 0.29) is 5.41 Å². The summed E-state index contributed by atoms with van der Waals surface area (Å²) in [5, 5.41) is 8.35. The quantitative estimate of drug-likeness (QED) is 0.640. The summed E-state index contributed by atoms with van der Waals surface area (Å²) in [4.78, 5) is 0. The van der Waals surface area contributed by atoms with Gasteiger partial charge in [0, 0.05) is 22.5 Å². The van der Waals surface area contributed by atoms with E-state index in [0.29, 0.717) is 0 Å². The van der Waals surface area contributed by atoms with Crippen LogP contribution in [0.15, 0.2) is 65.1 Å². The van der Waals surface area contributed by atoms with E-state index in [1.165, 1.54) is 5.56 Å². The van der Waals surface area contributed by atoms with Crippen molar-refractivity contribution in [3.8, 4) is 5.69 Å².